The number of anilines is 1. The van der Waals surface area contributed by atoms with E-state index in [9.17, 15) is 15.0 Å². The second-order valence-electron chi connectivity index (χ2n) is 9.45. The normalized spacial score (nSPS) is 11.9. The summed E-state index contributed by atoms with van der Waals surface area (Å²) < 4.78 is 5.53. The number of para-hydroxylation sites is 1. The number of phenolic OH excluding ortho intramolecular Hbond substituents is 1. The number of H-pyrrole nitrogens is 1. The number of nitrogens with one attached hydrogen (secondary N) is 2. The maximum absolute atomic E-state index is 11.6. The van der Waals surface area contributed by atoms with Crippen molar-refractivity contribution in [1.82, 2.24) is 10.3 Å². The van der Waals surface area contributed by atoms with Crippen molar-refractivity contribution >= 4 is 16.6 Å². The van der Waals surface area contributed by atoms with Crippen LogP contribution in [0.15, 0.2) is 95.8 Å². The molecule has 1 aromatic heterocycles. The topological polar surface area (TPSA) is 121 Å². The van der Waals surface area contributed by atoms with Gasteiger partial charge in [0.15, 0.2) is 0 Å². The zero-order valence-electron chi connectivity index (χ0n) is 21.6. The van der Waals surface area contributed by atoms with Crippen molar-refractivity contribution in [1.29, 1.82) is 0 Å². The van der Waals surface area contributed by atoms with Crippen LogP contribution in [0.4, 0.5) is 5.69 Å². The fourth-order valence-corrected chi connectivity index (χ4v) is 4.87. The number of rotatable bonds is 9. The summed E-state index contributed by atoms with van der Waals surface area (Å²) in [6.45, 7) is 0.934. The number of nitrogens with two attached hydrogens (primary N) is 1. The van der Waals surface area contributed by atoms with Crippen LogP contribution in [-0.2, 0) is 6.42 Å². The van der Waals surface area contributed by atoms with Crippen LogP contribution in [0.1, 0.15) is 17.2 Å². The van der Waals surface area contributed by atoms with E-state index < -0.39 is 6.10 Å². The first-order chi connectivity index (χ1) is 18.9. The zero-order chi connectivity index (χ0) is 27.4. The van der Waals surface area contributed by atoms with Crippen molar-refractivity contribution in [3.63, 3.8) is 0 Å². The van der Waals surface area contributed by atoms with Gasteiger partial charge in [-0.15, -0.1) is 0 Å². The van der Waals surface area contributed by atoms with Gasteiger partial charge in [-0.1, -0.05) is 54.6 Å². The van der Waals surface area contributed by atoms with Crippen molar-refractivity contribution in [2.45, 2.75) is 12.5 Å². The lowest BCUT2D eigenvalue weighted by atomic mass is 9.97. The molecule has 5 aromatic rings. The SMILES string of the molecule is COc1ccccc1-c1cccc(-c2ccc(CCNC[C@H](O)c3ccc(O)c4[nH]c(=O)ccc34)c(N)c2)c1. The van der Waals surface area contributed by atoms with Gasteiger partial charge in [0.05, 0.1) is 18.7 Å². The molecule has 0 aliphatic rings. The number of aromatic amines is 1. The van der Waals surface area contributed by atoms with Crippen LogP contribution in [-0.4, -0.2) is 35.4 Å². The summed E-state index contributed by atoms with van der Waals surface area (Å²) in [5.41, 5.74) is 13.0. The number of hydrogen-bond donors (Lipinski definition) is 5. The highest BCUT2D eigenvalue weighted by Crippen LogP contribution is 2.33. The summed E-state index contributed by atoms with van der Waals surface area (Å²) in [6, 6.07) is 28.5. The molecule has 1 atom stereocenters. The minimum atomic E-state index is -0.811. The Morgan fingerprint density at radius 3 is 2.54 bits per heavy atom. The van der Waals surface area contributed by atoms with Gasteiger partial charge in [0.2, 0.25) is 5.56 Å². The largest absolute Gasteiger partial charge is 0.506 e. The van der Waals surface area contributed by atoms with Crippen LogP contribution in [0, 0.1) is 0 Å². The highest BCUT2D eigenvalue weighted by atomic mass is 16.5. The molecule has 0 aliphatic carbocycles. The molecule has 0 bridgehead atoms. The van der Waals surface area contributed by atoms with Crippen molar-refractivity contribution in [2.24, 2.45) is 0 Å². The number of aromatic nitrogens is 1. The number of aliphatic hydroxyl groups excluding tert-OH is 1. The molecule has 7 nitrogen and oxygen atoms in total. The fraction of sp³-hybridized carbons (Fsp3) is 0.156. The van der Waals surface area contributed by atoms with E-state index in [1.807, 2.05) is 42.5 Å². The molecule has 0 saturated heterocycles. The summed E-state index contributed by atoms with van der Waals surface area (Å²) in [6.07, 6.45) is -0.113. The summed E-state index contributed by atoms with van der Waals surface area (Å²) in [5.74, 6) is 0.799. The first-order valence-corrected chi connectivity index (χ1v) is 12.8. The van der Waals surface area contributed by atoms with Crippen LogP contribution in [0.25, 0.3) is 33.2 Å². The Balaban J connectivity index is 1.23. The first-order valence-electron chi connectivity index (χ1n) is 12.8. The lowest BCUT2D eigenvalue weighted by Crippen LogP contribution is -2.24. The number of aromatic hydroxyl groups is 1. The number of aliphatic hydroxyl groups is 1. The molecule has 4 aromatic carbocycles. The molecule has 6 N–H and O–H groups in total. The maximum Gasteiger partial charge on any atom is 0.248 e. The Labute approximate surface area is 226 Å². The van der Waals surface area contributed by atoms with E-state index in [4.69, 9.17) is 10.5 Å². The van der Waals surface area contributed by atoms with Crippen LogP contribution in [0.2, 0.25) is 0 Å². The van der Waals surface area contributed by atoms with Gasteiger partial charge in [0.25, 0.3) is 0 Å². The lowest BCUT2D eigenvalue weighted by Gasteiger charge is -2.16. The molecule has 39 heavy (non-hydrogen) atoms. The molecular weight excluding hydrogens is 490 g/mol. The Hall–Kier alpha value is -4.59. The molecular formula is C32H31N3O4. The second kappa shape index (κ2) is 11.4. The van der Waals surface area contributed by atoms with Gasteiger partial charge in [-0.25, -0.2) is 0 Å². The quantitative estimate of drug-likeness (QED) is 0.137. The van der Waals surface area contributed by atoms with E-state index in [1.165, 1.54) is 12.1 Å². The van der Waals surface area contributed by atoms with E-state index in [2.05, 4.69) is 34.6 Å². The third-order valence-corrected chi connectivity index (χ3v) is 6.93. The predicted octanol–water partition coefficient (Wildman–Crippen LogP) is 5.02. The first kappa shape index (κ1) is 26.0. The molecule has 0 amide bonds. The van der Waals surface area contributed by atoms with Gasteiger partial charge in [-0.2, -0.15) is 0 Å². The molecule has 198 valence electrons. The number of benzene rings is 4. The van der Waals surface area contributed by atoms with Crippen LogP contribution >= 0.6 is 0 Å². The van der Waals surface area contributed by atoms with Crippen molar-refractivity contribution in [3.8, 4) is 33.8 Å². The fourth-order valence-electron chi connectivity index (χ4n) is 4.87. The van der Waals surface area contributed by atoms with E-state index >= 15 is 0 Å². The number of nitrogen functional groups attached to an aromatic ring is 1. The molecule has 0 radical (unpaired) electrons. The molecule has 0 fully saturated rings. The van der Waals surface area contributed by atoms with E-state index in [-0.39, 0.29) is 11.3 Å². The lowest BCUT2D eigenvalue weighted by molar-refractivity contribution is 0.176. The Bertz CT molecular complexity index is 1680. The Kier molecular flexibility index (Phi) is 7.63. The second-order valence-corrected chi connectivity index (χ2v) is 9.45. The Morgan fingerprint density at radius 1 is 0.923 bits per heavy atom. The molecule has 0 unspecified atom stereocenters. The van der Waals surface area contributed by atoms with Crippen molar-refractivity contribution in [3.05, 3.63) is 112 Å². The summed E-state index contributed by atoms with van der Waals surface area (Å²) in [5, 5.41) is 24.7. The minimum Gasteiger partial charge on any atom is -0.506 e. The molecule has 5 rings (SSSR count). The van der Waals surface area contributed by atoms with Crippen LogP contribution < -0.4 is 21.3 Å². The van der Waals surface area contributed by atoms with Gasteiger partial charge >= 0.3 is 0 Å². The van der Waals surface area contributed by atoms with Gasteiger partial charge in [0, 0.05) is 29.2 Å². The number of phenols is 1. The molecule has 7 heteroatoms. The monoisotopic (exact) mass is 521 g/mol. The Morgan fingerprint density at radius 2 is 1.72 bits per heavy atom. The average Bonchev–Trinajstić information content (AvgIpc) is 2.96. The smallest absolute Gasteiger partial charge is 0.248 e. The highest BCUT2D eigenvalue weighted by molar-refractivity contribution is 5.87. The predicted molar refractivity (Wildman–Crippen MR) is 156 cm³/mol. The average molecular weight is 522 g/mol. The zero-order valence-corrected chi connectivity index (χ0v) is 21.6. The van der Waals surface area contributed by atoms with Crippen molar-refractivity contribution < 1.29 is 14.9 Å². The third-order valence-electron chi connectivity index (χ3n) is 6.93. The molecule has 1 heterocycles. The molecule has 0 spiro atoms. The number of methoxy groups -OCH3 is 1. The number of hydrogen-bond acceptors (Lipinski definition) is 6. The van der Waals surface area contributed by atoms with Crippen LogP contribution in [0.3, 0.4) is 0 Å². The van der Waals surface area contributed by atoms with E-state index in [0.29, 0.717) is 41.7 Å². The van der Waals surface area contributed by atoms with E-state index in [1.54, 1.807) is 19.2 Å². The van der Waals surface area contributed by atoms with Gasteiger partial charge in [-0.05, 0) is 71.1 Å². The number of fused-ring (bicyclic) bond motifs is 1. The summed E-state index contributed by atoms with van der Waals surface area (Å²) in [7, 11) is 1.68. The molecule has 0 aliphatic heterocycles. The number of pyridine rings is 1. The van der Waals surface area contributed by atoms with Gasteiger partial charge in [-0.3, -0.25) is 4.79 Å². The summed E-state index contributed by atoms with van der Waals surface area (Å²) in [4.78, 5) is 14.3. The van der Waals surface area contributed by atoms with Gasteiger partial charge < -0.3 is 31.0 Å². The standard InChI is InChI=1S/C32H31N3O4/c1-39-30-8-3-2-7-24(30)23-6-4-5-21(17-23)22-10-9-20(27(33)18-22)15-16-34-19-29(37)25-11-13-28(36)32-26(25)12-14-31(38)35-32/h2-14,17-18,29,34,36-37H,15-16,19,33H2,1H3,(H,35,38)/t29-/m0/s1. The van der Waals surface area contributed by atoms with Crippen LogP contribution in [0.5, 0.6) is 11.5 Å². The maximum atomic E-state index is 11.6. The van der Waals surface area contributed by atoms with Crippen molar-refractivity contribution in [2.75, 3.05) is 25.9 Å². The summed E-state index contributed by atoms with van der Waals surface area (Å²) >= 11 is 0. The molecule has 0 saturated carbocycles. The van der Waals surface area contributed by atoms with Gasteiger partial charge in [0.1, 0.15) is 11.5 Å². The third kappa shape index (κ3) is 5.65. The minimum absolute atomic E-state index is 0.0305. The highest BCUT2D eigenvalue weighted by Gasteiger charge is 2.14. The van der Waals surface area contributed by atoms with E-state index in [0.717, 1.165) is 33.6 Å². The number of ether oxygens (including phenoxy) is 1.